The first kappa shape index (κ1) is 17.7. The van der Waals surface area contributed by atoms with Crippen molar-refractivity contribution >= 4 is 34.7 Å². The molecular formula is C14H18INO5. The minimum atomic E-state index is -0.803. The molecule has 0 aromatic heterocycles. The van der Waals surface area contributed by atoms with Crippen molar-refractivity contribution in [2.75, 3.05) is 11.7 Å². The van der Waals surface area contributed by atoms with Crippen molar-refractivity contribution in [3.63, 3.8) is 0 Å². The Morgan fingerprint density at radius 1 is 1.24 bits per heavy atom. The Kier molecular flexibility index (Phi) is 7.44. The normalized spacial score (nSPS) is 11.9. The number of ether oxygens (including phenoxy) is 3. The highest BCUT2D eigenvalue weighted by Crippen LogP contribution is 2.21. The average molecular weight is 407 g/mol. The van der Waals surface area contributed by atoms with Crippen LogP contribution in [0, 0.1) is 5.92 Å². The number of esters is 1. The Morgan fingerprint density at radius 3 is 2.38 bits per heavy atom. The zero-order valence-electron chi connectivity index (χ0n) is 12.1. The highest BCUT2D eigenvalue weighted by molar-refractivity contribution is 14.1. The van der Waals surface area contributed by atoms with Crippen LogP contribution in [0.3, 0.4) is 0 Å². The van der Waals surface area contributed by atoms with E-state index in [-0.39, 0.29) is 22.3 Å². The molecule has 0 fully saturated rings. The van der Waals surface area contributed by atoms with Gasteiger partial charge in [0, 0.05) is 6.07 Å². The molecule has 6 nitrogen and oxygen atoms in total. The minimum absolute atomic E-state index is 0.0977. The molecule has 0 aliphatic carbocycles. The van der Waals surface area contributed by atoms with E-state index >= 15 is 0 Å². The number of halogens is 1. The molecule has 0 bridgehead atoms. The number of rotatable bonds is 6. The molecule has 1 rings (SSSR count). The standard InChI is InChI=1S/C14H18INO5/c1-9(2)12(16-3)13(17)20-10-5-4-6-11(7-10)21-14(18)19-8-15/h4-7,9,12,16H,8H2,1-3H3. The van der Waals surface area contributed by atoms with Gasteiger partial charge in [0.2, 0.25) is 0 Å². The lowest BCUT2D eigenvalue weighted by Gasteiger charge is -2.18. The summed E-state index contributed by atoms with van der Waals surface area (Å²) in [4.78, 5) is 23.2. The van der Waals surface area contributed by atoms with Gasteiger partial charge in [-0.2, -0.15) is 0 Å². The molecular weight excluding hydrogens is 389 g/mol. The van der Waals surface area contributed by atoms with Gasteiger partial charge in [0.15, 0.2) is 0 Å². The molecule has 0 heterocycles. The van der Waals surface area contributed by atoms with E-state index in [1.807, 2.05) is 36.4 Å². The highest BCUT2D eigenvalue weighted by atomic mass is 127. The van der Waals surface area contributed by atoms with Crippen LogP contribution in [0.2, 0.25) is 0 Å². The topological polar surface area (TPSA) is 73.9 Å². The predicted octanol–water partition coefficient (Wildman–Crippen LogP) is 2.74. The summed E-state index contributed by atoms with van der Waals surface area (Å²) in [5.41, 5.74) is 0. The van der Waals surface area contributed by atoms with Gasteiger partial charge in [0.05, 0.1) is 0 Å². The maximum atomic E-state index is 12.0. The second-order valence-electron chi connectivity index (χ2n) is 4.51. The summed E-state index contributed by atoms with van der Waals surface area (Å²) in [6.07, 6.45) is -0.803. The van der Waals surface area contributed by atoms with Gasteiger partial charge in [-0.05, 0) is 47.7 Å². The minimum Gasteiger partial charge on any atom is -0.425 e. The summed E-state index contributed by atoms with van der Waals surface area (Å²) in [6, 6.07) is 5.86. The third kappa shape index (κ3) is 5.88. The van der Waals surface area contributed by atoms with E-state index in [0.29, 0.717) is 5.75 Å². The fourth-order valence-electron chi connectivity index (χ4n) is 1.67. The molecule has 0 saturated heterocycles. The van der Waals surface area contributed by atoms with Crippen molar-refractivity contribution in [3.05, 3.63) is 24.3 Å². The van der Waals surface area contributed by atoms with Gasteiger partial charge in [0.25, 0.3) is 0 Å². The Morgan fingerprint density at radius 2 is 1.86 bits per heavy atom. The summed E-state index contributed by atoms with van der Waals surface area (Å²) in [5, 5.41) is 2.90. The zero-order valence-corrected chi connectivity index (χ0v) is 14.2. The van der Waals surface area contributed by atoms with Crippen molar-refractivity contribution in [2.45, 2.75) is 19.9 Å². The SMILES string of the molecule is CNC(C(=O)Oc1cccc(OC(=O)OCI)c1)C(C)C. The Hall–Kier alpha value is -1.35. The number of benzene rings is 1. The predicted molar refractivity (Wildman–Crippen MR) is 85.8 cm³/mol. The second kappa shape index (κ2) is 8.83. The first-order chi connectivity index (χ1) is 9.97. The van der Waals surface area contributed by atoms with Crippen molar-refractivity contribution in [1.82, 2.24) is 5.32 Å². The number of hydrogen-bond acceptors (Lipinski definition) is 6. The van der Waals surface area contributed by atoms with E-state index in [9.17, 15) is 9.59 Å². The van der Waals surface area contributed by atoms with Crippen LogP contribution in [-0.4, -0.2) is 29.8 Å². The van der Waals surface area contributed by atoms with Crippen molar-refractivity contribution in [2.24, 2.45) is 5.92 Å². The first-order valence-corrected chi connectivity index (χ1v) is 7.90. The molecule has 1 aromatic carbocycles. The Labute approximate surface area is 137 Å². The molecule has 1 aromatic rings. The van der Waals surface area contributed by atoms with E-state index in [2.05, 4.69) is 10.1 Å². The van der Waals surface area contributed by atoms with Gasteiger partial charge in [-0.3, -0.25) is 0 Å². The molecule has 1 atom stereocenters. The van der Waals surface area contributed by atoms with Gasteiger partial charge >= 0.3 is 12.1 Å². The van der Waals surface area contributed by atoms with Gasteiger partial charge in [0.1, 0.15) is 22.2 Å². The van der Waals surface area contributed by atoms with Crippen molar-refractivity contribution in [1.29, 1.82) is 0 Å². The number of likely N-dealkylation sites (N-methyl/N-ethyl adjacent to an activating group) is 1. The number of carbonyl (C=O) groups is 2. The lowest BCUT2D eigenvalue weighted by Crippen LogP contribution is -2.41. The monoisotopic (exact) mass is 407 g/mol. The molecule has 116 valence electrons. The van der Waals surface area contributed by atoms with Gasteiger partial charge in [-0.15, -0.1) is 0 Å². The molecule has 0 spiro atoms. The van der Waals surface area contributed by atoms with Gasteiger partial charge in [-0.1, -0.05) is 19.9 Å². The molecule has 1 N–H and O–H groups in total. The molecule has 1 unspecified atom stereocenters. The zero-order chi connectivity index (χ0) is 15.8. The molecule has 0 amide bonds. The summed E-state index contributed by atoms with van der Waals surface area (Å²) in [7, 11) is 1.70. The maximum Gasteiger partial charge on any atom is 0.514 e. The van der Waals surface area contributed by atoms with Gasteiger partial charge < -0.3 is 19.5 Å². The maximum absolute atomic E-state index is 12.0. The Balaban J connectivity index is 2.72. The largest absolute Gasteiger partial charge is 0.514 e. The van der Waals surface area contributed by atoms with Crippen LogP contribution in [0.5, 0.6) is 11.5 Å². The van der Waals surface area contributed by atoms with Crippen LogP contribution >= 0.6 is 22.6 Å². The molecule has 0 aliphatic rings. The second-order valence-corrected chi connectivity index (χ2v) is 5.13. The van der Waals surface area contributed by atoms with Crippen LogP contribution in [0.4, 0.5) is 4.79 Å². The third-order valence-electron chi connectivity index (χ3n) is 2.63. The van der Waals surface area contributed by atoms with Crippen LogP contribution in [0.15, 0.2) is 24.3 Å². The summed E-state index contributed by atoms with van der Waals surface area (Å²) in [5.74, 6) is 0.265. The molecule has 0 aliphatic heterocycles. The van der Waals surface area contributed by atoms with E-state index in [1.54, 1.807) is 25.2 Å². The Bertz CT molecular complexity index is 492. The van der Waals surface area contributed by atoms with Crippen LogP contribution in [0.25, 0.3) is 0 Å². The van der Waals surface area contributed by atoms with Crippen molar-refractivity contribution < 1.29 is 23.8 Å². The smallest absolute Gasteiger partial charge is 0.425 e. The van der Waals surface area contributed by atoms with E-state index < -0.39 is 12.2 Å². The van der Waals surface area contributed by atoms with Gasteiger partial charge in [-0.25, -0.2) is 9.59 Å². The van der Waals surface area contributed by atoms with Crippen LogP contribution in [0.1, 0.15) is 13.8 Å². The molecule has 7 heteroatoms. The lowest BCUT2D eigenvalue weighted by atomic mass is 10.1. The van der Waals surface area contributed by atoms with E-state index in [4.69, 9.17) is 9.47 Å². The van der Waals surface area contributed by atoms with Crippen LogP contribution < -0.4 is 14.8 Å². The average Bonchev–Trinajstić information content (AvgIpc) is 2.39. The fourth-order valence-corrected chi connectivity index (χ4v) is 1.93. The summed E-state index contributed by atoms with van der Waals surface area (Å²) in [6.45, 7) is 3.84. The number of alkyl halides is 1. The molecule has 0 saturated carbocycles. The number of nitrogens with one attached hydrogen (secondary N) is 1. The summed E-state index contributed by atoms with van der Waals surface area (Å²) < 4.78 is 15.1. The van der Waals surface area contributed by atoms with E-state index in [0.717, 1.165) is 0 Å². The van der Waals surface area contributed by atoms with Crippen molar-refractivity contribution in [3.8, 4) is 11.5 Å². The highest BCUT2D eigenvalue weighted by Gasteiger charge is 2.22. The van der Waals surface area contributed by atoms with E-state index in [1.165, 1.54) is 6.07 Å². The van der Waals surface area contributed by atoms with Crippen LogP contribution in [-0.2, 0) is 9.53 Å². The lowest BCUT2D eigenvalue weighted by molar-refractivity contribution is -0.137. The number of hydrogen-bond donors (Lipinski definition) is 1. The fraction of sp³-hybridized carbons (Fsp3) is 0.429. The molecule has 21 heavy (non-hydrogen) atoms. The molecule has 0 radical (unpaired) electrons. The summed E-state index contributed by atoms with van der Waals surface area (Å²) >= 11 is 1.89. The quantitative estimate of drug-likeness (QED) is 0.257. The first-order valence-electron chi connectivity index (χ1n) is 6.37. The number of carbonyl (C=O) groups excluding carboxylic acids is 2. The third-order valence-corrected chi connectivity index (χ3v) is 2.94.